The van der Waals surface area contributed by atoms with Crippen LogP contribution in [0.15, 0.2) is 53.4 Å². The number of methoxy groups -OCH3 is 1. The van der Waals surface area contributed by atoms with Gasteiger partial charge < -0.3 is 9.47 Å². The van der Waals surface area contributed by atoms with Crippen molar-refractivity contribution in [3.8, 4) is 5.75 Å². The molecular weight excluding hydrogens is 385 g/mol. The summed E-state index contributed by atoms with van der Waals surface area (Å²) in [5.74, 6) is -0.772. The highest BCUT2D eigenvalue weighted by Crippen LogP contribution is 2.26. The van der Waals surface area contributed by atoms with Crippen LogP contribution in [0.1, 0.15) is 18.4 Å². The number of carbonyl (C=O) groups is 1. The monoisotopic (exact) mass is 407 g/mol. The summed E-state index contributed by atoms with van der Waals surface area (Å²) in [6.45, 7) is 0.453. The van der Waals surface area contributed by atoms with Gasteiger partial charge in [0.2, 0.25) is 10.0 Å². The van der Waals surface area contributed by atoms with Crippen LogP contribution in [0.4, 0.5) is 4.39 Å². The van der Waals surface area contributed by atoms with Crippen LogP contribution in [0.3, 0.4) is 0 Å². The number of carbonyl (C=O) groups excluding carboxylic acids is 1. The van der Waals surface area contributed by atoms with Gasteiger partial charge in [0, 0.05) is 13.1 Å². The van der Waals surface area contributed by atoms with Gasteiger partial charge in [-0.25, -0.2) is 12.8 Å². The van der Waals surface area contributed by atoms with Gasteiger partial charge in [-0.3, -0.25) is 4.79 Å². The Hall–Kier alpha value is -2.45. The Kier molecular flexibility index (Phi) is 6.31. The summed E-state index contributed by atoms with van der Waals surface area (Å²) in [4.78, 5) is 12.0. The maximum Gasteiger partial charge on any atom is 0.309 e. The fourth-order valence-corrected chi connectivity index (χ4v) is 4.65. The Morgan fingerprint density at radius 1 is 1.11 bits per heavy atom. The molecule has 1 fully saturated rings. The molecule has 8 heteroatoms. The number of benzene rings is 2. The SMILES string of the molecule is COc1ccc(COC(=O)C2CCN(S(=O)(=O)c3ccccc3F)CC2)cc1. The molecule has 0 saturated carbocycles. The molecule has 3 rings (SSSR count). The molecule has 0 unspecified atom stereocenters. The number of ether oxygens (including phenoxy) is 2. The third kappa shape index (κ3) is 4.51. The van der Waals surface area contributed by atoms with Gasteiger partial charge >= 0.3 is 5.97 Å². The fourth-order valence-electron chi connectivity index (χ4n) is 3.12. The third-order valence-corrected chi connectivity index (χ3v) is 6.71. The van der Waals surface area contributed by atoms with Crippen LogP contribution in [0.5, 0.6) is 5.75 Å². The van der Waals surface area contributed by atoms with Gasteiger partial charge in [0.25, 0.3) is 0 Å². The molecule has 0 aliphatic carbocycles. The lowest BCUT2D eigenvalue weighted by atomic mass is 9.98. The lowest BCUT2D eigenvalue weighted by Gasteiger charge is -2.30. The van der Waals surface area contributed by atoms with Crippen molar-refractivity contribution in [1.29, 1.82) is 0 Å². The van der Waals surface area contributed by atoms with E-state index in [1.807, 2.05) is 12.1 Å². The highest BCUT2D eigenvalue weighted by atomic mass is 32.2. The van der Waals surface area contributed by atoms with Crippen LogP contribution in [-0.2, 0) is 26.2 Å². The molecule has 1 aliphatic rings. The second-order valence-electron chi connectivity index (χ2n) is 6.56. The minimum atomic E-state index is -3.91. The van der Waals surface area contributed by atoms with Crippen molar-refractivity contribution in [3.63, 3.8) is 0 Å². The van der Waals surface area contributed by atoms with E-state index in [1.54, 1.807) is 19.2 Å². The molecule has 0 atom stereocenters. The van der Waals surface area contributed by atoms with Crippen molar-refractivity contribution in [2.45, 2.75) is 24.3 Å². The van der Waals surface area contributed by atoms with Gasteiger partial charge in [0.15, 0.2) is 0 Å². The normalized spacial score (nSPS) is 15.9. The van der Waals surface area contributed by atoms with E-state index in [9.17, 15) is 17.6 Å². The molecule has 1 aliphatic heterocycles. The summed E-state index contributed by atoms with van der Waals surface area (Å²) in [6.07, 6.45) is 0.685. The number of piperidine rings is 1. The highest BCUT2D eigenvalue weighted by molar-refractivity contribution is 7.89. The summed E-state index contributed by atoms with van der Waals surface area (Å²) in [6, 6.07) is 12.5. The van der Waals surface area contributed by atoms with E-state index in [0.29, 0.717) is 12.8 Å². The number of nitrogens with zero attached hydrogens (tertiary/aromatic N) is 1. The molecule has 0 amide bonds. The minimum Gasteiger partial charge on any atom is -0.497 e. The molecule has 150 valence electrons. The number of halogens is 1. The van der Waals surface area contributed by atoms with Gasteiger partial charge in [-0.15, -0.1) is 0 Å². The zero-order chi connectivity index (χ0) is 20.1. The minimum absolute atomic E-state index is 0.149. The van der Waals surface area contributed by atoms with E-state index in [2.05, 4.69) is 0 Å². The van der Waals surface area contributed by atoms with E-state index < -0.39 is 15.8 Å². The Bertz CT molecular complexity index is 922. The predicted octanol–water partition coefficient (Wildman–Crippen LogP) is 2.98. The average Bonchev–Trinajstić information content (AvgIpc) is 2.72. The Morgan fingerprint density at radius 2 is 1.75 bits per heavy atom. The van der Waals surface area contributed by atoms with E-state index in [4.69, 9.17) is 9.47 Å². The molecule has 1 heterocycles. The highest BCUT2D eigenvalue weighted by Gasteiger charge is 2.34. The number of hydrogen-bond acceptors (Lipinski definition) is 5. The van der Waals surface area contributed by atoms with Crippen LogP contribution in [-0.4, -0.2) is 38.9 Å². The van der Waals surface area contributed by atoms with Crippen molar-refractivity contribution in [2.75, 3.05) is 20.2 Å². The van der Waals surface area contributed by atoms with E-state index in [0.717, 1.165) is 17.4 Å². The lowest BCUT2D eigenvalue weighted by Crippen LogP contribution is -2.40. The largest absolute Gasteiger partial charge is 0.497 e. The first-order valence-corrected chi connectivity index (χ1v) is 10.4. The van der Waals surface area contributed by atoms with Gasteiger partial charge in [-0.05, 0) is 42.7 Å². The topological polar surface area (TPSA) is 72.9 Å². The summed E-state index contributed by atoms with van der Waals surface area (Å²) in [7, 11) is -2.33. The molecule has 0 spiro atoms. The zero-order valence-electron chi connectivity index (χ0n) is 15.5. The Labute approximate surface area is 163 Å². The van der Waals surface area contributed by atoms with Crippen molar-refractivity contribution < 1.29 is 27.1 Å². The molecule has 1 saturated heterocycles. The molecule has 0 aromatic heterocycles. The van der Waals surface area contributed by atoms with Crippen LogP contribution in [0.25, 0.3) is 0 Å². The summed E-state index contributed by atoms with van der Waals surface area (Å²) in [5, 5.41) is 0. The third-order valence-electron chi connectivity index (χ3n) is 4.78. The van der Waals surface area contributed by atoms with E-state index in [1.165, 1.54) is 22.5 Å². The molecule has 0 N–H and O–H groups in total. The molecule has 28 heavy (non-hydrogen) atoms. The van der Waals surface area contributed by atoms with Gasteiger partial charge in [0.1, 0.15) is 23.1 Å². The first-order chi connectivity index (χ1) is 13.4. The number of hydrogen-bond donors (Lipinski definition) is 0. The van der Waals surface area contributed by atoms with E-state index in [-0.39, 0.29) is 36.5 Å². The standard InChI is InChI=1S/C20H22FNO5S/c1-26-17-8-6-15(7-9-17)14-27-20(23)16-10-12-22(13-11-16)28(24,25)19-5-3-2-4-18(19)21/h2-9,16H,10-14H2,1H3. The van der Waals surface area contributed by atoms with Crippen LogP contribution < -0.4 is 4.74 Å². The van der Waals surface area contributed by atoms with Crippen molar-refractivity contribution in [3.05, 3.63) is 59.9 Å². The fraction of sp³-hybridized carbons (Fsp3) is 0.350. The maximum absolute atomic E-state index is 13.9. The number of esters is 1. The second kappa shape index (κ2) is 8.70. The molecule has 2 aromatic rings. The Balaban J connectivity index is 1.54. The molecule has 0 radical (unpaired) electrons. The average molecular weight is 407 g/mol. The van der Waals surface area contributed by atoms with Gasteiger partial charge in [-0.2, -0.15) is 4.31 Å². The summed E-state index contributed by atoms with van der Waals surface area (Å²) < 4.78 is 50.7. The van der Waals surface area contributed by atoms with Crippen molar-refractivity contribution >= 4 is 16.0 Å². The lowest BCUT2D eigenvalue weighted by molar-refractivity contribution is -0.151. The van der Waals surface area contributed by atoms with E-state index >= 15 is 0 Å². The number of rotatable bonds is 6. The first kappa shape index (κ1) is 20.3. The maximum atomic E-state index is 13.9. The van der Waals surface area contributed by atoms with Crippen LogP contribution in [0.2, 0.25) is 0 Å². The first-order valence-electron chi connectivity index (χ1n) is 8.96. The van der Waals surface area contributed by atoms with Gasteiger partial charge in [-0.1, -0.05) is 24.3 Å². The molecule has 0 bridgehead atoms. The summed E-state index contributed by atoms with van der Waals surface area (Å²) in [5.41, 5.74) is 0.841. The smallest absolute Gasteiger partial charge is 0.309 e. The molecular formula is C20H22FNO5S. The van der Waals surface area contributed by atoms with Crippen molar-refractivity contribution in [2.24, 2.45) is 5.92 Å². The van der Waals surface area contributed by atoms with Gasteiger partial charge in [0.05, 0.1) is 13.0 Å². The zero-order valence-corrected chi connectivity index (χ0v) is 16.3. The second-order valence-corrected chi connectivity index (χ2v) is 8.47. The predicted molar refractivity (Wildman–Crippen MR) is 101 cm³/mol. The Morgan fingerprint density at radius 3 is 2.36 bits per heavy atom. The summed E-state index contributed by atoms with van der Waals surface area (Å²) >= 11 is 0. The number of sulfonamides is 1. The quantitative estimate of drug-likeness (QED) is 0.689. The van der Waals surface area contributed by atoms with Crippen LogP contribution >= 0.6 is 0 Å². The molecule has 2 aromatic carbocycles. The van der Waals surface area contributed by atoms with Crippen molar-refractivity contribution in [1.82, 2.24) is 4.31 Å². The molecule has 6 nitrogen and oxygen atoms in total. The van der Waals surface area contributed by atoms with Crippen LogP contribution in [0, 0.1) is 11.7 Å².